The summed E-state index contributed by atoms with van der Waals surface area (Å²) in [6, 6.07) is 17.6. The molecule has 2 aromatic heterocycles. The highest BCUT2D eigenvalue weighted by Gasteiger charge is 2.36. The number of rotatable bonds is 4. The summed E-state index contributed by atoms with van der Waals surface area (Å²) in [5.41, 5.74) is 3.33. The number of nitrogens with zero attached hydrogens (tertiary/aromatic N) is 4. The summed E-state index contributed by atoms with van der Waals surface area (Å²) in [5.74, 6) is -0.211. The molecular weight excluding hydrogens is 444 g/mol. The molecule has 3 heterocycles. The Hall–Kier alpha value is -3.55. The third-order valence-electron chi connectivity index (χ3n) is 5.20. The van der Waals surface area contributed by atoms with Crippen LogP contribution in [-0.2, 0) is 0 Å². The summed E-state index contributed by atoms with van der Waals surface area (Å²) in [6.45, 7) is 0. The van der Waals surface area contributed by atoms with E-state index in [4.69, 9.17) is 11.6 Å². The van der Waals surface area contributed by atoms with E-state index in [1.54, 1.807) is 42.0 Å². The molecule has 0 saturated carbocycles. The predicted molar refractivity (Wildman–Crippen MR) is 125 cm³/mol. The highest BCUT2D eigenvalue weighted by atomic mass is 35.5. The fourth-order valence-corrected chi connectivity index (χ4v) is 4.64. The third-order valence-corrected chi connectivity index (χ3v) is 6.33. The van der Waals surface area contributed by atoms with Gasteiger partial charge in [0.15, 0.2) is 0 Å². The Morgan fingerprint density at radius 2 is 1.94 bits per heavy atom. The number of thiazole rings is 1. The average Bonchev–Trinajstić information content (AvgIpc) is 3.48. The van der Waals surface area contributed by atoms with Gasteiger partial charge in [0.1, 0.15) is 16.5 Å². The number of para-hydroxylation sites is 1. The number of aromatic nitrogens is 2. The molecule has 1 unspecified atom stereocenters. The van der Waals surface area contributed by atoms with Crippen LogP contribution >= 0.6 is 22.9 Å². The van der Waals surface area contributed by atoms with Gasteiger partial charge in [0.05, 0.1) is 11.8 Å². The van der Waals surface area contributed by atoms with Crippen molar-refractivity contribution < 1.29 is 9.90 Å². The van der Waals surface area contributed by atoms with Crippen molar-refractivity contribution in [2.45, 2.75) is 12.5 Å². The van der Waals surface area contributed by atoms with Crippen LogP contribution in [-0.4, -0.2) is 31.7 Å². The minimum Gasteiger partial charge on any atom is -0.508 e. The van der Waals surface area contributed by atoms with Gasteiger partial charge in [-0.1, -0.05) is 48.0 Å². The number of pyridine rings is 1. The zero-order valence-electron chi connectivity index (χ0n) is 16.7. The maximum atomic E-state index is 13.5. The molecule has 2 aromatic carbocycles. The molecule has 0 radical (unpaired) electrons. The van der Waals surface area contributed by atoms with E-state index in [9.17, 15) is 9.90 Å². The molecule has 1 amide bonds. The van der Waals surface area contributed by atoms with Gasteiger partial charge >= 0.3 is 0 Å². The lowest BCUT2D eigenvalue weighted by molar-refractivity contribution is 0.0704. The second kappa shape index (κ2) is 8.53. The molecule has 158 valence electrons. The van der Waals surface area contributed by atoms with Crippen LogP contribution in [0.5, 0.6) is 5.75 Å². The molecule has 5 rings (SSSR count). The van der Waals surface area contributed by atoms with Crippen LogP contribution in [0.1, 0.15) is 34.1 Å². The van der Waals surface area contributed by atoms with E-state index in [1.165, 1.54) is 16.3 Å². The summed E-state index contributed by atoms with van der Waals surface area (Å²) in [4.78, 5) is 22.2. The molecule has 1 aliphatic rings. The van der Waals surface area contributed by atoms with Crippen molar-refractivity contribution in [1.29, 1.82) is 0 Å². The largest absolute Gasteiger partial charge is 0.508 e. The van der Waals surface area contributed by atoms with Crippen LogP contribution in [0.3, 0.4) is 0 Å². The van der Waals surface area contributed by atoms with Crippen LogP contribution in [0, 0.1) is 0 Å². The van der Waals surface area contributed by atoms with Crippen LogP contribution < -0.4 is 0 Å². The van der Waals surface area contributed by atoms with E-state index < -0.39 is 6.04 Å². The van der Waals surface area contributed by atoms with E-state index in [1.807, 2.05) is 36.4 Å². The summed E-state index contributed by atoms with van der Waals surface area (Å²) < 4.78 is 0. The molecule has 4 aromatic rings. The van der Waals surface area contributed by atoms with Gasteiger partial charge in [-0.25, -0.2) is 9.99 Å². The van der Waals surface area contributed by atoms with E-state index >= 15 is 0 Å². The molecule has 32 heavy (non-hydrogen) atoms. The number of benzene rings is 2. The van der Waals surface area contributed by atoms with Crippen molar-refractivity contribution in [2.24, 2.45) is 5.10 Å². The van der Waals surface area contributed by atoms with Crippen molar-refractivity contribution in [3.05, 3.63) is 100 Å². The molecule has 0 saturated heterocycles. The highest BCUT2D eigenvalue weighted by Crippen LogP contribution is 2.38. The fourth-order valence-electron chi connectivity index (χ4n) is 3.66. The Kier molecular flexibility index (Phi) is 5.43. The quantitative estimate of drug-likeness (QED) is 0.432. The number of carbonyl (C=O) groups excluding carboxylic acids is 1. The van der Waals surface area contributed by atoms with Gasteiger partial charge in [0.25, 0.3) is 5.91 Å². The monoisotopic (exact) mass is 460 g/mol. The Bertz CT molecular complexity index is 1320. The summed E-state index contributed by atoms with van der Waals surface area (Å²) in [6.07, 6.45) is 3.87. The number of aromatic hydroxyl groups is 1. The molecule has 1 aliphatic heterocycles. The standard InChI is InChI=1S/C24H17ClN4O2S/c25-17-7-3-5-15(11-17)23-27-20(14-32-23)24(31)29-21(18-8-1-2-9-22(18)30)12-19(28-29)16-6-4-10-26-13-16/h1-11,13-14,21,30H,12H2. The number of amides is 1. The van der Waals surface area contributed by atoms with E-state index in [2.05, 4.69) is 15.1 Å². The molecular formula is C24H17ClN4O2S. The van der Waals surface area contributed by atoms with Crippen molar-refractivity contribution in [3.63, 3.8) is 0 Å². The van der Waals surface area contributed by atoms with Crippen LogP contribution in [0.4, 0.5) is 0 Å². The lowest BCUT2D eigenvalue weighted by Crippen LogP contribution is -2.27. The van der Waals surface area contributed by atoms with Gasteiger partial charge in [-0.2, -0.15) is 5.10 Å². The molecule has 1 atom stereocenters. The second-order valence-electron chi connectivity index (χ2n) is 7.27. The third kappa shape index (κ3) is 3.88. The number of halogens is 1. The van der Waals surface area contributed by atoms with Crippen LogP contribution in [0.2, 0.25) is 5.02 Å². The Balaban J connectivity index is 1.52. The van der Waals surface area contributed by atoms with Gasteiger partial charge in [-0.15, -0.1) is 11.3 Å². The number of carbonyl (C=O) groups is 1. The lowest BCUT2D eigenvalue weighted by atomic mass is 9.98. The van der Waals surface area contributed by atoms with Crippen molar-refractivity contribution in [2.75, 3.05) is 0 Å². The predicted octanol–water partition coefficient (Wildman–Crippen LogP) is 5.56. The van der Waals surface area contributed by atoms with Crippen molar-refractivity contribution in [1.82, 2.24) is 15.0 Å². The van der Waals surface area contributed by atoms with Gasteiger partial charge in [0, 0.05) is 45.9 Å². The minimum absolute atomic E-state index is 0.121. The maximum absolute atomic E-state index is 13.5. The van der Waals surface area contributed by atoms with E-state index in [-0.39, 0.29) is 11.7 Å². The lowest BCUT2D eigenvalue weighted by Gasteiger charge is -2.22. The van der Waals surface area contributed by atoms with Crippen LogP contribution in [0.25, 0.3) is 10.6 Å². The summed E-state index contributed by atoms with van der Waals surface area (Å²) in [5, 5.41) is 19.5. The van der Waals surface area contributed by atoms with Gasteiger partial charge < -0.3 is 5.11 Å². The Morgan fingerprint density at radius 3 is 2.72 bits per heavy atom. The maximum Gasteiger partial charge on any atom is 0.294 e. The smallest absolute Gasteiger partial charge is 0.294 e. The number of hydrazone groups is 1. The SMILES string of the molecule is O=C(c1csc(-c2cccc(Cl)c2)n1)N1N=C(c2cccnc2)CC1c1ccccc1O. The first-order chi connectivity index (χ1) is 15.6. The Labute approximate surface area is 193 Å². The fraction of sp³-hybridized carbons (Fsp3) is 0.0833. The topological polar surface area (TPSA) is 78.7 Å². The van der Waals surface area contributed by atoms with E-state index in [0.29, 0.717) is 27.7 Å². The number of phenolic OH excluding ortho intramolecular Hbond substituents is 1. The van der Waals surface area contributed by atoms with Gasteiger partial charge in [0.2, 0.25) is 0 Å². The van der Waals surface area contributed by atoms with Crippen molar-refractivity contribution >= 4 is 34.6 Å². The summed E-state index contributed by atoms with van der Waals surface area (Å²) in [7, 11) is 0. The number of hydrogen-bond donors (Lipinski definition) is 1. The van der Waals surface area contributed by atoms with E-state index in [0.717, 1.165) is 16.8 Å². The molecule has 6 nitrogen and oxygen atoms in total. The normalized spacial score (nSPS) is 15.6. The molecule has 0 spiro atoms. The first-order valence-corrected chi connectivity index (χ1v) is 11.2. The van der Waals surface area contributed by atoms with Crippen molar-refractivity contribution in [3.8, 4) is 16.3 Å². The molecule has 0 aliphatic carbocycles. The molecule has 8 heteroatoms. The molecule has 0 fully saturated rings. The Morgan fingerprint density at radius 1 is 1.09 bits per heavy atom. The van der Waals surface area contributed by atoms with Gasteiger partial charge in [-0.3, -0.25) is 9.78 Å². The first kappa shape index (κ1) is 20.4. The van der Waals surface area contributed by atoms with Crippen LogP contribution in [0.15, 0.2) is 83.5 Å². The minimum atomic E-state index is -0.449. The zero-order chi connectivity index (χ0) is 22.1. The second-order valence-corrected chi connectivity index (χ2v) is 8.56. The first-order valence-electron chi connectivity index (χ1n) is 9.91. The summed E-state index contributed by atoms with van der Waals surface area (Å²) >= 11 is 7.47. The molecule has 1 N–H and O–H groups in total. The molecule has 0 bridgehead atoms. The zero-order valence-corrected chi connectivity index (χ0v) is 18.3. The number of hydrogen-bond acceptors (Lipinski definition) is 6. The van der Waals surface area contributed by atoms with Gasteiger partial charge in [-0.05, 0) is 24.3 Å². The highest BCUT2D eigenvalue weighted by molar-refractivity contribution is 7.13. The number of phenols is 1. The average molecular weight is 461 g/mol.